The molecule has 2 amide bonds. The molecular formula is C18H20N2O2S. The van der Waals surface area contributed by atoms with Crippen LogP contribution in [-0.2, 0) is 22.6 Å². The quantitative estimate of drug-likeness (QED) is 0.854. The number of benzene rings is 1. The van der Waals surface area contributed by atoms with Gasteiger partial charge in [-0.1, -0.05) is 24.6 Å². The molecule has 23 heavy (non-hydrogen) atoms. The molecule has 0 bridgehead atoms. The van der Waals surface area contributed by atoms with Gasteiger partial charge in [0.05, 0.1) is 13.0 Å². The summed E-state index contributed by atoms with van der Waals surface area (Å²) in [7, 11) is 0. The van der Waals surface area contributed by atoms with Crippen LogP contribution in [0.25, 0.3) is 0 Å². The first-order chi connectivity index (χ1) is 11.2. The lowest BCUT2D eigenvalue weighted by Crippen LogP contribution is -2.28. The van der Waals surface area contributed by atoms with Gasteiger partial charge >= 0.3 is 0 Å². The van der Waals surface area contributed by atoms with E-state index in [0.717, 1.165) is 35.4 Å². The molecule has 5 heteroatoms. The Bertz CT molecular complexity index is 661. The number of hydrogen-bond donors (Lipinski definition) is 2. The summed E-state index contributed by atoms with van der Waals surface area (Å²) in [5, 5.41) is 7.84. The summed E-state index contributed by atoms with van der Waals surface area (Å²) in [6, 6.07) is 11.5. The fraction of sp³-hybridized carbons (Fsp3) is 0.333. The predicted octanol–water partition coefficient (Wildman–Crippen LogP) is 3.35. The van der Waals surface area contributed by atoms with Crippen molar-refractivity contribution in [3.63, 3.8) is 0 Å². The number of anilines is 1. The summed E-state index contributed by atoms with van der Waals surface area (Å²) in [6.07, 6.45) is 3.49. The molecule has 3 rings (SSSR count). The number of thiophene rings is 1. The number of hydrogen-bond acceptors (Lipinski definition) is 3. The molecule has 0 unspecified atom stereocenters. The molecule has 1 aliphatic carbocycles. The van der Waals surface area contributed by atoms with Gasteiger partial charge in [0.1, 0.15) is 0 Å². The Kier molecular flexibility index (Phi) is 5.08. The molecule has 1 fully saturated rings. The molecule has 4 nitrogen and oxygen atoms in total. The second kappa shape index (κ2) is 7.42. The lowest BCUT2D eigenvalue weighted by atomic mass is 9.85. The molecular weight excluding hydrogens is 308 g/mol. The second-order valence-electron chi connectivity index (χ2n) is 5.85. The number of carbonyl (C=O) groups is 2. The highest BCUT2D eigenvalue weighted by Gasteiger charge is 2.24. The first kappa shape index (κ1) is 15.7. The van der Waals surface area contributed by atoms with Gasteiger partial charge in [0.15, 0.2) is 0 Å². The van der Waals surface area contributed by atoms with Crippen molar-refractivity contribution in [3.05, 3.63) is 52.2 Å². The Labute approximate surface area is 139 Å². The molecule has 1 aromatic heterocycles. The van der Waals surface area contributed by atoms with E-state index in [0.29, 0.717) is 13.0 Å². The van der Waals surface area contributed by atoms with E-state index in [1.165, 1.54) is 0 Å². The van der Waals surface area contributed by atoms with Crippen molar-refractivity contribution in [2.45, 2.75) is 32.2 Å². The minimum absolute atomic E-state index is 0.00431. The topological polar surface area (TPSA) is 58.2 Å². The summed E-state index contributed by atoms with van der Waals surface area (Å²) in [5.41, 5.74) is 1.74. The van der Waals surface area contributed by atoms with Crippen molar-refractivity contribution in [3.8, 4) is 0 Å². The molecule has 0 atom stereocenters. The highest BCUT2D eigenvalue weighted by atomic mass is 32.1. The van der Waals surface area contributed by atoms with E-state index in [1.807, 2.05) is 41.8 Å². The Morgan fingerprint density at radius 2 is 1.91 bits per heavy atom. The lowest BCUT2D eigenvalue weighted by molar-refractivity contribution is -0.122. The minimum atomic E-state index is 0.00431. The van der Waals surface area contributed by atoms with Gasteiger partial charge in [0.2, 0.25) is 11.8 Å². The molecule has 120 valence electrons. The van der Waals surface area contributed by atoms with Crippen LogP contribution >= 0.6 is 11.3 Å². The van der Waals surface area contributed by atoms with E-state index in [1.54, 1.807) is 11.3 Å². The van der Waals surface area contributed by atoms with Crippen molar-refractivity contribution >= 4 is 28.8 Å². The molecule has 1 heterocycles. The summed E-state index contributed by atoms with van der Waals surface area (Å²) in [6.45, 7) is 0.575. The van der Waals surface area contributed by atoms with Crippen molar-refractivity contribution in [1.82, 2.24) is 5.32 Å². The van der Waals surface area contributed by atoms with Crippen LogP contribution in [-0.4, -0.2) is 11.8 Å². The van der Waals surface area contributed by atoms with E-state index in [9.17, 15) is 9.59 Å². The zero-order chi connectivity index (χ0) is 16.1. The normalized spacial score (nSPS) is 14.1. The molecule has 0 spiro atoms. The van der Waals surface area contributed by atoms with Crippen LogP contribution in [0.2, 0.25) is 0 Å². The van der Waals surface area contributed by atoms with Crippen LogP contribution < -0.4 is 10.6 Å². The van der Waals surface area contributed by atoms with E-state index < -0.39 is 0 Å². The lowest BCUT2D eigenvalue weighted by Gasteiger charge is -2.24. The second-order valence-corrected chi connectivity index (χ2v) is 6.88. The van der Waals surface area contributed by atoms with Crippen LogP contribution in [0.15, 0.2) is 41.8 Å². The average molecular weight is 328 g/mol. The largest absolute Gasteiger partial charge is 0.351 e. The fourth-order valence-corrected chi connectivity index (χ4v) is 3.11. The summed E-state index contributed by atoms with van der Waals surface area (Å²) in [4.78, 5) is 25.0. The molecule has 1 saturated carbocycles. The molecule has 0 saturated heterocycles. The number of rotatable bonds is 6. The van der Waals surface area contributed by atoms with Crippen LogP contribution in [0.1, 0.15) is 29.7 Å². The smallest absolute Gasteiger partial charge is 0.227 e. The summed E-state index contributed by atoms with van der Waals surface area (Å²) in [5.74, 6) is 0.292. The van der Waals surface area contributed by atoms with Crippen LogP contribution in [0.3, 0.4) is 0 Å². The number of nitrogens with one attached hydrogen (secondary N) is 2. The summed E-state index contributed by atoms with van der Waals surface area (Å²) < 4.78 is 0. The summed E-state index contributed by atoms with van der Waals surface area (Å²) >= 11 is 1.63. The Hall–Kier alpha value is -2.14. The van der Waals surface area contributed by atoms with Gasteiger partial charge < -0.3 is 10.6 Å². The van der Waals surface area contributed by atoms with Crippen molar-refractivity contribution in [1.29, 1.82) is 0 Å². The molecule has 1 aliphatic rings. The maximum atomic E-state index is 11.9. The van der Waals surface area contributed by atoms with E-state index in [2.05, 4.69) is 10.6 Å². The predicted molar refractivity (Wildman–Crippen MR) is 92.3 cm³/mol. The first-order valence-corrected chi connectivity index (χ1v) is 8.77. The zero-order valence-electron chi connectivity index (χ0n) is 12.9. The Balaban J connectivity index is 1.46. The van der Waals surface area contributed by atoms with Gasteiger partial charge in [0, 0.05) is 16.5 Å². The standard InChI is InChI=1S/C18H20N2O2S/c21-17(19-12-16-5-2-10-23-16)11-13-6-8-15(9-7-13)20-18(22)14-3-1-4-14/h2,5-10,14H,1,3-4,11-12H2,(H,19,21)(H,20,22). The Morgan fingerprint density at radius 3 is 2.52 bits per heavy atom. The average Bonchev–Trinajstić information content (AvgIpc) is 2.99. The third-order valence-corrected chi connectivity index (χ3v) is 4.98. The van der Waals surface area contributed by atoms with Crippen LogP contribution in [0.5, 0.6) is 0 Å². The van der Waals surface area contributed by atoms with Gasteiger partial charge in [-0.05, 0) is 42.0 Å². The van der Waals surface area contributed by atoms with Gasteiger partial charge in [-0.3, -0.25) is 9.59 Å². The maximum absolute atomic E-state index is 11.9. The molecule has 0 radical (unpaired) electrons. The van der Waals surface area contributed by atoms with Crippen molar-refractivity contribution in [2.24, 2.45) is 5.92 Å². The molecule has 0 aliphatic heterocycles. The zero-order valence-corrected chi connectivity index (χ0v) is 13.7. The molecule has 1 aromatic carbocycles. The van der Waals surface area contributed by atoms with E-state index in [-0.39, 0.29) is 17.7 Å². The molecule has 2 aromatic rings. The number of carbonyl (C=O) groups excluding carboxylic acids is 2. The highest BCUT2D eigenvalue weighted by Crippen LogP contribution is 2.27. The van der Waals surface area contributed by atoms with Gasteiger partial charge in [-0.15, -0.1) is 11.3 Å². The number of amides is 2. The first-order valence-electron chi connectivity index (χ1n) is 7.89. The third-order valence-electron chi connectivity index (χ3n) is 4.10. The maximum Gasteiger partial charge on any atom is 0.227 e. The highest BCUT2D eigenvalue weighted by molar-refractivity contribution is 7.09. The molecule has 2 N–H and O–H groups in total. The van der Waals surface area contributed by atoms with Crippen molar-refractivity contribution in [2.75, 3.05) is 5.32 Å². The van der Waals surface area contributed by atoms with E-state index in [4.69, 9.17) is 0 Å². The SMILES string of the molecule is O=C(Cc1ccc(NC(=O)C2CCC2)cc1)NCc1cccs1. The van der Waals surface area contributed by atoms with Gasteiger partial charge in [0.25, 0.3) is 0 Å². The van der Waals surface area contributed by atoms with Gasteiger partial charge in [-0.2, -0.15) is 0 Å². The minimum Gasteiger partial charge on any atom is -0.351 e. The van der Waals surface area contributed by atoms with Crippen LogP contribution in [0.4, 0.5) is 5.69 Å². The van der Waals surface area contributed by atoms with E-state index >= 15 is 0 Å². The van der Waals surface area contributed by atoms with Crippen LogP contribution in [0, 0.1) is 5.92 Å². The fourth-order valence-electron chi connectivity index (χ4n) is 2.47. The monoisotopic (exact) mass is 328 g/mol. The Morgan fingerprint density at radius 1 is 1.13 bits per heavy atom. The van der Waals surface area contributed by atoms with Gasteiger partial charge in [-0.25, -0.2) is 0 Å². The third kappa shape index (κ3) is 4.42. The van der Waals surface area contributed by atoms with Crippen molar-refractivity contribution < 1.29 is 9.59 Å².